The van der Waals surface area contributed by atoms with Gasteiger partial charge >= 0.3 is 39.0 Å². The molecule has 0 unspecified atom stereocenters. The summed E-state index contributed by atoms with van der Waals surface area (Å²) in [6.07, 6.45) is 5.63. The number of carbonyl (C=O) groups excluding carboxylic acids is 1. The Labute approximate surface area is 227 Å². The average Bonchev–Trinajstić information content (AvgIpc) is 2.84. The van der Waals surface area contributed by atoms with Gasteiger partial charge in [0.25, 0.3) is 0 Å². The van der Waals surface area contributed by atoms with Crippen LogP contribution in [0.5, 0.6) is 0 Å². The minimum atomic E-state index is -4.01. The van der Waals surface area contributed by atoms with Crippen molar-refractivity contribution in [3.05, 3.63) is 67.8 Å². The summed E-state index contributed by atoms with van der Waals surface area (Å²) in [5.41, 5.74) is -0.352. The molecule has 0 aromatic heterocycles. The van der Waals surface area contributed by atoms with Gasteiger partial charge in [-0.1, -0.05) is 36.4 Å². The number of rotatable bonds is 9. The summed E-state index contributed by atoms with van der Waals surface area (Å²) < 4.78 is 60.1. The van der Waals surface area contributed by atoms with Crippen LogP contribution < -0.4 is 21.2 Å². The van der Waals surface area contributed by atoms with Crippen molar-refractivity contribution < 1.29 is 48.3 Å². The van der Waals surface area contributed by atoms with Crippen LogP contribution in [0.4, 0.5) is 17.6 Å². The van der Waals surface area contributed by atoms with Crippen LogP contribution >= 0.6 is 0 Å². The Morgan fingerprint density at radius 1 is 0.838 bits per heavy atom. The minimum absolute atomic E-state index is 0.0287. The highest BCUT2D eigenvalue weighted by Gasteiger charge is 2.55. The van der Waals surface area contributed by atoms with Gasteiger partial charge in [0.15, 0.2) is 7.14 Å². The van der Waals surface area contributed by atoms with Crippen LogP contribution in [-0.4, -0.2) is 24.4 Å². The van der Waals surface area contributed by atoms with E-state index in [4.69, 9.17) is 4.74 Å². The molecule has 4 saturated carbocycles. The number of unbranched alkanes of at least 4 members (excludes halogenated alkanes) is 1. The van der Waals surface area contributed by atoms with Gasteiger partial charge in [0.1, 0.15) is 0 Å². The van der Waals surface area contributed by atoms with Crippen molar-refractivity contribution in [1.29, 1.82) is 0 Å². The van der Waals surface area contributed by atoms with E-state index in [-0.39, 0.29) is 59.0 Å². The summed E-state index contributed by atoms with van der Waals surface area (Å²) in [5, 5.41) is 0. The van der Waals surface area contributed by atoms with Crippen molar-refractivity contribution in [2.24, 2.45) is 23.2 Å². The van der Waals surface area contributed by atoms with Crippen molar-refractivity contribution in [2.45, 2.75) is 76.6 Å². The fourth-order valence-electron chi connectivity index (χ4n) is 6.43. The maximum absolute atomic E-state index is 13.2. The second-order valence-corrected chi connectivity index (χ2v) is 14.1. The zero-order valence-corrected chi connectivity index (χ0v) is 23.4. The molecule has 6 rings (SSSR count). The Morgan fingerprint density at radius 3 is 1.73 bits per heavy atom. The van der Waals surface area contributed by atoms with Crippen LogP contribution in [0.1, 0.15) is 64.7 Å². The van der Waals surface area contributed by atoms with Crippen molar-refractivity contribution in [1.82, 2.24) is 0 Å². The first-order chi connectivity index (χ1) is 17.6. The molecular formula is C30H36F4IO2+. The molecule has 7 heteroatoms. The first-order valence-electron chi connectivity index (χ1n) is 13.2. The van der Waals surface area contributed by atoms with Crippen molar-refractivity contribution in [3.8, 4) is 0 Å². The van der Waals surface area contributed by atoms with Crippen LogP contribution in [0.25, 0.3) is 0 Å². The quantitative estimate of drug-likeness (QED) is 0.168. The highest BCUT2D eigenvalue weighted by atomic mass is 127. The lowest BCUT2D eigenvalue weighted by Crippen LogP contribution is -3.61. The lowest BCUT2D eigenvalue weighted by molar-refractivity contribution is -0.597. The normalized spacial score (nSPS) is 26.4. The van der Waals surface area contributed by atoms with Crippen LogP contribution in [0.15, 0.2) is 60.7 Å². The molecule has 4 fully saturated rings. The largest absolute Gasteiger partial charge is 0.465 e. The molecule has 37 heavy (non-hydrogen) atoms. The van der Waals surface area contributed by atoms with E-state index >= 15 is 0 Å². The molecule has 202 valence electrons. The van der Waals surface area contributed by atoms with E-state index in [1.54, 1.807) is 0 Å². The molecule has 0 N–H and O–H groups in total. The molecule has 0 heterocycles. The summed E-state index contributed by atoms with van der Waals surface area (Å²) in [4.78, 5) is 12.5. The monoisotopic (exact) mass is 631 g/mol. The number of halogens is 5. The third kappa shape index (κ3) is 7.48. The van der Waals surface area contributed by atoms with Gasteiger partial charge in [0, 0.05) is 13.3 Å². The number of hydrogen-bond acceptors (Lipinski definition) is 2. The van der Waals surface area contributed by atoms with Gasteiger partial charge < -0.3 is 4.74 Å². The van der Waals surface area contributed by atoms with E-state index in [0.29, 0.717) is 17.8 Å². The van der Waals surface area contributed by atoms with Crippen LogP contribution in [-0.2, 0) is 9.53 Å². The van der Waals surface area contributed by atoms with Crippen molar-refractivity contribution in [2.75, 3.05) is 6.61 Å². The predicted molar refractivity (Wildman–Crippen MR) is 131 cm³/mol. The summed E-state index contributed by atoms with van der Waals surface area (Å²) in [7, 11) is 0. The van der Waals surface area contributed by atoms with Crippen molar-refractivity contribution >= 4 is 5.97 Å². The number of carbonyl (C=O) groups is 1. The topological polar surface area (TPSA) is 26.3 Å². The average molecular weight is 632 g/mol. The van der Waals surface area contributed by atoms with Gasteiger partial charge in [-0.15, -0.1) is 0 Å². The standard InChI is InChI=1S/C18H26F4O2.C12H10I/c1-16(19,20)18(21,22)4-2-3-5-24-15(23)17-9-12-6-13(10-17)8-14(7-12)11-17;1-3-7-11(8-4-1)13-12-9-5-2-6-10-12/h12-14H,2-11H2,1H3;1-10H/q;+1. The first kappa shape index (κ1) is 28.4. The summed E-state index contributed by atoms with van der Waals surface area (Å²) in [6.45, 7) is 0.284. The van der Waals surface area contributed by atoms with E-state index in [9.17, 15) is 22.4 Å². The van der Waals surface area contributed by atoms with Gasteiger partial charge in [-0.3, -0.25) is 4.79 Å². The highest BCUT2D eigenvalue weighted by Crippen LogP contribution is 2.60. The van der Waals surface area contributed by atoms with Gasteiger partial charge in [0.05, 0.1) is 12.0 Å². The Kier molecular flexibility index (Phi) is 9.23. The molecule has 4 bridgehead atoms. The number of benzene rings is 2. The Hall–Kier alpha value is -1.64. The molecule has 2 aromatic carbocycles. The van der Waals surface area contributed by atoms with Crippen LogP contribution in [0.3, 0.4) is 0 Å². The van der Waals surface area contributed by atoms with E-state index in [0.717, 1.165) is 19.3 Å². The second kappa shape index (κ2) is 12.0. The SMILES string of the molecule is CC(F)(F)C(F)(F)CCCCOC(=O)C12CC3CC(CC(C3)C1)C2.c1ccc([I+]c2ccccc2)cc1. The van der Waals surface area contributed by atoms with E-state index in [2.05, 4.69) is 60.7 Å². The van der Waals surface area contributed by atoms with E-state index in [1.807, 2.05) is 0 Å². The Bertz CT molecular complexity index is 934. The fourth-order valence-corrected chi connectivity index (χ4v) is 8.70. The lowest BCUT2D eigenvalue weighted by Gasteiger charge is -2.55. The second-order valence-electron chi connectivity index (χ2n) is 11.1. The van der Waals surface area contributed by atoms with Gasteiger partial charge in [-0.05, 0) is 93.4 Å². The van der Waals surface area contributed by atoms with Gasteiger partial charge in [0.2, 0.25) is 0 Å². The number of alkyl halides is 4. The maximum Gasteiger partial charge on any atom is 0.357 e. The maximum atomic E-state index is 13.2. The minimum Gasteiger partial charge on any atom is -0.465 e. The molecule has 0 aliphatic heterocycles. The van der Waals surface area contributed by atoms with Gasteiger partial charge in [-0.25, -0.2) is 8.78 Å². The van der Waals surface area contributed by atoms with Gasteiger partial charge in [-0.2, -0.15) is 8.78 Å². The Morgan fingerprint density at radius 2 is 1.30 bits per heavy atom. The molecule has 2 aromatic rings. The zero-order chi connectivity index (χ0) is 26.5. The molecule has 4 aliphatic carbocycles. The zero-order valence-electron chi connectivity index (χ0n) is 21.3. The molecule has 0 saturated heterocycles. The van der Waals surface area contributed by atoms with Crippen LogP contribution in [0.2, 0.25) is 0 Å². The summed E-state index contributed by atoms with van der Waals surface area (Å²) >= 11 is 0.0287. The predicted octanol–water partition coefficient (Wildman–Crippen LogP) is 5.02. The molecule has 0 amide bonds. The molecule has 2 nitrogen and oxygen atoms in total. The Balaban J connectivity index is 0.000000207. The van der Waals surface area contributed by atoms with Crippen LogP contribution in [0, 0.1) is 30.3 Å². The molecule has 0 spiro atoms. The number of esters is 1. The molecule has 4 aliphatic rings. The molecular weight excluding hydrogens is 595 g/mol. The third-order valence-corrected chi connectivity index (χ3v) is 10.6. The smallest absolute Gasteiger partial charge is 0.357 e. The summed E-state index contributed by atoms with van der Waals surface area (Å²) in [6, 6.07) is 21.4. The fraction of sp³-hybridized carbons (Fsp3) is 0.567. The molecule has 0 radical (unpaired) electrons. The summed E-state index contributed by atoms with van der Waals surface area (Å²) in [5.74, 6) is -6.30. The molecule has 0 atom stereocenters. The first-order valence-corrected chi connectivity index (χ1v) is 15.4. The van der Waals surface area contributed by atoms with Crippen molar-refractivity contribution in [3.63, 3.8) is 0 Å². The highest BCUT2D eigenvalue weighted by molar-refractivity contribution is 5.77. The lowest BCUT2D eigenvalue weighted by atomic mass is 9.49. The number of hydrogen-bond donors (Lipinski definition) is 0. The van der Waals surface area contributed by atoms with E-state index < -0.39 is 18.3 Å². The third-order valence-electron chi connectivity index (χ3n) is 7.92. The number of ether oxygens (including phenoxy) is 1. The van der Waals surface area contributed by atoms with E-state index in [1.165, 1.54) is 26.4 Å².